The standard InChI is InChI=1S/C21H19N3O2S/c1-13-7-8-17-14(9-13)10-15(12-22)20(23-17)27-18-11-19(25)24(21(18)26)16-5-3-2-4-6-16/h2-6,10,13,18H,7-9,11H2,1H3. The van der Waals surface area contributed by atoms with Gasteiger partial charge in [0.05, 0.1) is 16.5 Å². The normalized spacial score (nSPS) is 21.9. The molecule has 1 fully saturated rings. The number of amides is 2. The van der Waals surface area contributed by atoms with E-state index < -0.39 is 5.25 Å². The summed E-state index contributed by atoms with van der Waals surface area (Å²) in [6.45, 7) is 2.21. The summed E-state index contributed by atoms with van der Waals surface area (Å²) in [6.07, 6.45) is 3.03. The second-order valence-corrected chi connectivity index (χ2v) is 8.31. The van der Waals surface area contributed by atoms with Crippen LogP contribution in [-0.2, 0) is 22.4 Å². The van der Waals surface area contributed by atoms with Gasteiger partial charge in [-0.1, -0.05) is 36.9 Å². The second-order valence-electron chi connectivity index (χ2n) is 7.12. The fourth-order valence-corrected chi connectivity index (χ4v) is 4.77. The van der Waals surface area contributed by atoms with Crippen molar-refractivity contribution in [1.82, 2.24) is 4.98 Å². The number of fused-ring (bicyclic) bond motifs is 1. The molecule has 6 heteroatoms. The lowest BCUT2D eigenvalue weighted by Crippen LogP contribution is -2.31. The van der Waals surface area contributed by atoms with Crippen molar-refractivity contribution in [3.63, 3.8) is 0 Å². The van der Waals surface area contributed by atoms with Gasteiger partial charge >= 0.3 is 0 Å². The van der Waals surface area contributed by atoms with Crippen molar-refractivity contribution < 1.29 is 9.59 Å². The molecule has 1 aliphatic carbocycles. The first-order chi connectivity index (χ1) is 13.1. The SMILES string of the molecule is CC1CCc2nc(SC3CC(=O)N(c4ccccc4)C3=O)c(C#N)cc2C1. The second kappa shape index (κ2) is 7.16. The van der Waals surface area contributed by atoms with Crippen molar-refractivity contribution in [2.75, 3.05) is 4.90 Å². The number of carbonyl (C=O) groups is 2. The van der Waals surface area contributed by atoms with Crippen molar-refractivity contribution in [3.05, 3.63) is 53.2 Å². The number of imide groups is 1. The van der Waals surface area contributed by atoms with E-state index in [2.05, 4.69) is 13.0 Å². The summed E-state index contributed by atoms with van der Waals surface area (Å²) in [7, 11) is 0. The summed E-state index contributed by atoms with van der Waals surface area (Å²) < 4.78 is 0. The highest BCUT2D eigenvalue weighted by Crippen LogP contribution is 2.36. The van der Waals surface area contributed by atoms with Gasteiger partial charge in [0.25, 0.3) is 0 Å². The molecule has 1 aromatic carbocycles. The van der Waals surface area contributed by atoms with Crippen LogP contribution in [-0.4, -0.2) is 22.0 Å². The number of nitriles is 1. The number of carbonyl (C=O) groups excluding carboxylic acids is 2. The molecule has 0 saturated carbocycles. The topological polar surface area (TPSA) is 74.1 Å². The van der Waals surface area contributed by atoms with Gasteiger partial charge in [-0.25, -0.2) is 9.88 Å². The number of nitrogens with zero attached hydrogens (tertiary/aromatic N) is 3. The summed E-state index contributed by atoms with van der Waals surface area (Å²) >= 11 is 1.24. The molecule has 2 aliphatic rings. The van der Waals surface area contributed by atoms with Crippen molar-refractivity contribution in [2.45, 2.75) is 42.9 Å². The van der Waals surface area contributed by atoms with Gasteiger partial charge in [-0.3, -0.25) is 9.59 Å². The van der Waals surface area contributed by atoms with Crippen LogP contribution < -0.4 is 4.90 Å². The minimum absolute atomic E-state index is 0.124. The van der Waals surface area contributed by atoms with Crippen molar-refractivity contribution >= 4 is 29.3 Å². The highest BCUT2D eigenvalue weighted by Gasteiger charge is 2.40. The Labute approximate surface area is 162 Å². The van der Waals surface area contributed by atoms with E-state index in [0.29, 0.717) is 22.2 Å². The van der Waals surface area contributed by atoms with Crippen LogP contribution in [0.1, 0.15) is 36.6 Å². The number of thioether (sulfide) groups is 1. The zero-order chi connectivity index (χ0) is 19.0. The van der Waals surface area contributed by atoms with E-state index in [9.17, 15) is 14.9 Å². The lowest BCUT2D eigenvalue weighted by molar-refractivity contribution is -0.121. The number of rotatable bonds is 3. The van der Waals surface area contributed by atoms with Gasteiger partial charge in [-0.05, 0) is 48.9 Å². The van der Waals surface area contributed by atoms with Gasteiger partial charge in [0.2, 0.25) is 11.8 Å². The van der Waals surface area contributed by atoms with Crippen molar-refractivity contribution in [2.24, 2.45) is 5.92 Å². The summed E-state index contributed by atoms with van der Waals surface area (Å²) in [5, 5.41) is 9.56. The zero-order valence-electron chi connectivity index (χ0n) is 15.0. The van der Waals surface area contributed by atoms with Crippen molar-refractivity contribution in [1.29, 1.82) is 5.26 Å². The molecule has 2 aromatic rings. The average Bonchev–Trinajstić information content (AvgIpc) is 2.95. The highest BCUT2D eigenvalue weighted by atomic mass is 32.2. The maximum Gasteiger partial charge on any atom is 0.247 e. The first kappa shape index (κ1) is 17.7. The fourth-order valence-electron chi connectivity index (χ4n) is 3.68. The number of aromatic nitrogens is 1. The Kier molecular flexibility index (Phi) is 4.71. The van der Waals surface area contributed by atoms with E-state index in [-0.39, 0.29) is 18.2 Å². The summed E-state index contributed by atoms with van der Waals surface area (Å²) in [4.78, 5) is 31.2. The predicted octanol–water partition coefficient (Wildman–Crippen LogP) is 3.50. The van der Waals surface area contributed by atoms with Gasteiger partial charge in [-0.2, -0.15) is 5.26 Å². The van der Waals surface area contributed by atoms with E-state index in [1.165, 1.54) is 16.7 Å². The summed E-state index contributed by atoms with van der Waals surface area (Å²) in [5.74, 6) is 0.139. The minimum atomic E-state index is -0.544. The van der Waals surface area contributed by atoms with E-state index in [1.807, 2.05) is 12.1 Å². The summed E-state index contributed by atoms with van der Waals surface area (Å²) in [6, 6.07) is 13.1. The highest BCUT2D eigenvalue weighted by molar-refractivity contribution is 8.00. The lowest BCUT2D eigenvalue weighted by Gasteiger charge is -2.22. The van der Waals surface area contributed by atoms with Crippen LogP contribution in [0.3, 0.4) is 0 Å². The smallest absolute Gasteiger partial charge is 0.247 e. The van der Waals surface area contributed by atoms with Crippen LogP contribution in [0.2, 0.25) is 0 Å². The Morgan fingerprint density at radius 1 is 1.22 bits per heavy atom. The number of hydrogen-bond donors (Lipinski definition) is 0. The van der Waals surface area contributed by atoms with Gasteiger partial charge in [0.15, 0.2) is 0 Å². The number of para-hydroxylation sites is 1. The molecule has 27 heavy (non-hydrogen) atoms. The Morgan fingerprint density at radius 3 is 2.74 bits per heavy atom. The quantitative estimate of drug-likeness (QED) is 0.766. The molecule has 0 radical (unpaired) electrons. The third-order valence-electron chi connectivity index (χ3n) is 5.09. The van der Waals surface area contributed by atoms with E-state index in [1.54, 1.807) is 24.3 Å². The number of hydrogen-bond acceptors (Lipinski definition) is 5. The molecule has 0 bridgehead atoms. The van der Waals surface area contributed by atoms with Gasteiger partial charge in [0, 0.05) is 12.1 Å². The van der Waals surface area contributed by atoms with Gasteiger partial charge in [-0.15, -0.1) is 0 Å². The molecule has 2 atom stereocenters. The molecular weight excluding hydrogens is 358 g/mol. The maximum absolute atomic E-state index is 12.8. The molecule has 0 spiro atoms. The fraction of sp³-hybridized carbons (Fsp3) is 0.333. The molecule has 1 saturated heterocycles. The molecule has 1 aliphatic heterocycles. The first-order valence-corrected chi connectivity index (χ1v) is 9.96. The molecular formula is C21H19N3O2S. The molecule has 4 rings (SSSR count). The van der Waals surface area contributed by atoms with Gasteiger partial charge < -0.3 is 0 Å². The van der Waals surface area contributed by atoms with Crippen LogP contribution in [0.5, 0.6) is 0 Å². The predicted molar refractivity (Wildman–Crippen MR) is 103 cm³/mol. The largest absolute Gasteiger partial charge is 0.274 e. The van der Waals surface area contributed by atoms with Crippen LogP contribution in [0.4, 0.5) is 5.69 Å². The molecule has 2 unspecified atom stereocenters. The van der Waals surface area contributed by atoms with Crippen LogP contribution in [0, 0.1) is 17.2 Å². The number of aryl methyl sites for hydroxylation is 1. The third kappa shape index (κ3) is 3.35. The lowest BCUT2D eigenvalue weighted by atomic mass is 9.87. The molecule has 2 amide bonds. The Hall–Kier alpha value is -2.65. The minimum Gasteiger partial charge on any atom is -0.274 e. The van der Waals surface area contributed by atoms with E-state index in [4.69, 9.17) is 4.98 Å². The molecule has 2 heterocycles. The zero-order valence-corrected chi connectivity index (χ0v) is 15.8. The Bertz CT molecular complexity index is 952. The monoisotopic (exact) mass is 377 g/mol. The van der Waals surface area contributed by atoms with Gasteiger partial charge in [0.1, 0.15) is 11.1 Å². The first-order valence-electron chi connectivity index (χ1n) is 9.08. The van der Waals surface area contributed by atoms with Crippen LogP contribution >= 0.6 is 11.8 Å². The van der Waals surface area contributed by atoms with E-state index >= 15 is 0 Å². The third-order valence-corrected chi connectivity index (χ3v) is 6.28. The van der Waals surface area contributed by atoms with Crippen molar-refractivity contribution in [3.8, 4) is 6.07 Å². The molecule has 5 nitrogen and oxygen atoms in total. The van der Waals surface area contributed by atoms with Crippen LogP contribution in [0.25, 0.3) is 0 Å². The number of benzene rings is 1. The Balaban J connectivity index is 1.60. The number of pyridine rings is 1. The average molecular weight is 377 g/mol. The molecule has 1 aromatic heterocycles. The number of anilines is 1. The van der Waals surface area contributed by atoms with E-state index in [0.717, 1.165) is 30.5 Å². The Morgan fingerprint density at radius 2 is 2.00 bits per heavy atom. The maximum atomic E-state index is 12.8. The summed E-state index contributed by atoms with van der Waals surface area (Å²) in [5.41, 5.74) is 3.23. The molecule has 136 valence electrons. The molecule has 0 N–H and O–H groups in total. The van der Waals surface area contributed by atoms with Crippen LogP contribution in [0.15, 0.2) is 41.4 Å².